The van der Waals surface area contributed by atoms with E-state index in [1.807, 2.05) is 52.2 Å². The number of aryl methyl sites for hydroxylation is 1. The van der Waals surface area contributed by atoms with Crippen molar-refractivity contribution >= 4 is 11.9 Å². The molecule has 27 heavy (non-hydrogen) atoms. The van der Waals surface area contributed by atoms with E-state index in [0.29, 0.717) is 25.8 Å². The highest BCUT2D eigenvalue weighted by atomic mass is 16.4. The summed E-state index contributed by atoms with van der Waals surface area (Å²) in [5.74, 6) is -0.682. The van der Waals surface area contributed by atoms with Crippen LogP contribution in [0.3, 0.4) is 0 Å². The zero-order valence-corrected chi connectivity index (χ0v) is 15.3. The van der Waals surface area contributed by atoms with E-state index in [0.717, 1.165) is 24.8 Å². The molecule has 2 aliphatic rings. The molecular formula is C21H25N3O3. The van der Waals surface area contributed by atoms with Crippen LogP contribution in [-0.2, 0) is 22.6 Å². The highest BCUT2D eigenvalue weighted by molar-refractivity contribution is 5.83. The molecular weight excluding hydrogens is 342 g/mol. The number of nitrogens with zero attached hydrogens (tertiary/aromatic N) is 3. The smallest absolute Gasteiger partial charge is 0.312 e. The van der Waals surface area contributed by atoms with E-state index in [4.69, 9.17) is 0 Å². The summed E-state index contributed by atoms with van der Waals surface area (Å²) in [6.07, 6.45) is 7.53. The lowest BCUT2D eigenvalue weighted by Crippen LogP contribution is -2.46. The van der Waals surface area contributed by atoms with Crippen LogP contribution in [0, 0.1) is 5.41 Å². The number of carbonyl (C=O) groups is 2. The SMILES string of the molecule is O=C(CCCn1cccn1)N1[C@H]2CC[C@@H]1[C@](Cc1ccccc1)(C(=O)O)C2. The van der Waals surface area contributed by atoms with Gasteiger partial charge in [-0.1, -0.05) is 30.3 Å². The minimum Gasteiger partial charge on any atom is -0.481 e. The number of aliphatic carboxylic acids is 1. The van der Waals surface area contributed by atoms with E-state index in [1.54, 1.807) is 6.20 Å². The molecule has 0 spiro atoms. The predicted octanol–water partition coefficient (Wildman–Crippen LogP) is 2.74. The van der Waals surface area contributed by atoms with E-state index < -0.39 is 11.4 Å². The summed E-state index contributed by atoms with van der Waals surface area (Å²) >= 11 is 0. The van der Waals surface area contributed by atoms with E-state index in [-0.39, 0.29) is 18.0 Å². The highest BCUT2D eigenvalue weighted by Crippen LogP contribution is 2.52. The van der Waals surface area contributed by atoms with E-state index >= 15 is 0 Å². The van der Waals surface area contributed by atoms with Gasteiger partial charge in [-0.15, -0.1) is 0 Å². The molecule has 2 bridgehead atoms. The Labute approximate surface area is 158 Å². The van der Waals surface area contributed by atoms with Crippen LogP contribution in [-0.4, -0.2) is 43.7 Å². The van der Waals surface area contributed by atoms with Gasteiger partial charge in [0.05, 0.1) is 5.41 Å². The molecule has 142 valence electrons. The third-order valence-electron chi connectivity index (χ3n) is 6.15. The van der Waals surface area contributed by atoms with Crippen LogP contribution in [0.1, 0.15) is 37.7 Å². The standard InChI is InChI=1S/C21H25N3O3/c25-19(8-4-12-23-13-5-11-22-23)24-17-9-10-18(24)21(15-17,20(26)27)14-16-6-2-1-3-7-16/h1-3,5-7,11,13,17-18H,4,8-10,12,14-15H2,(H,26,27)/t17-,18+,21+/m0/s1. The average Bonchev–Trinajstić information content (AvgIpc) is 3.38. The molecule has 1 amide bonds. The van der Waals surface area contributed by atoms with Gasteiger partial charge in [-0.05, 0) is 43.7 Å². The van der Waals surface area contributed by atoms with Gasteiger partial charge in [0.1, 0.15) is 0 Å². The van der Waals surface area contributed by atoms with E-state index in [2.05, 4.69) is 5.10 Å². The van der Waals surface area contributed by atoms with Crippen LogP contribution in [0.2, 0.25) is 0 Å². The van der Waals surface area contributed by atoms with Gasteiger partial charge >= 0.3 is 5.97 Å². The Hall–Kier alpha value is -2.63. The van der Waals surface area contributed by atoms with E-state index in [1.165, 1.54) is 0 Å². The molecule has 3 atom stereocenters. The van der Waals surface area contributed by atoms with Gasteiger partial charge in [-0.2, -0.15) is 5.10 Å². The number of rotatable bonds is 7. The van der Waals surface area contributed by atoms with Gasteiger partial charge in [0.15, 0.2) is 0 Å². The summed E-state index contributed by atoms with van der Waals surface area (Å²) in [7, 11) is 0. The highest BCUT2D eigenvalue weighted by Gasteiger charge is 2.61. The summed E-state index contributed by atoms with van der Waals surface area (Å²) in [5, 5.41) is 14.3. The van der Waals surface area contributed by atoms with Crippen LogP contribution in [0.4, 0.5) is 0 Å². The molecule has 2 aliphatic heterocycles. The third kappa shape index (κ3) is 3.24. The Kier molecular flexibility index (Phi) is 4.72. The first-order valence-electron chi connectivity index (χ1n) is 9.66. The van der Waals surface area contributed by atoms with Crippen molar-refractivity contribution in [3.8, 4) is 0 Å². The average molecular weight is 367 g/mol. The number of carboxylic acids is 1. The predicted molar refractivity (Wildman–Crippen MR) is 99.9 cm³/mol. The third-order valence-corrected chi connectivity index (χ3v) is 6.15. The lowest BCUT2D eigenvalue weighted by Gasteiger charge is -2.33. The number of fused-ring (bicyclic) bond motifs is 2. The zero-order chi connectivity index (χ0) is 18.9. The zero-order valence-electron chi connectivity index (χ0n) is 15.3. The van der Waals surface area contributed by atoms with Crippen LogP contribution >= 0.6 is 0 Å². The first-order valence-corrected chi connectivity index (χ1v) is 9.66. The molecule has 2 fully saturated rings. The molecule has 6 nitrogen and oxygen atoms in total. The molecule has 0 radical (unpaired) electrons. The fraction of sp³-hybridized carbons (Fsp3) is 0.476. The van der Waals surface area contributed by atoms with Crippen molar-refractivity contribution in [2.45, 2.75) is 57.2 Å². The molecule has 1 aromatic carbocycles. The monoisotopic (exact) mass is 367 g/mol. The van der Waals surface area contributed by atoms with Crippen molar-refractivity contribution in [3.63, 3.8) is 0 Å². The topological polar surface area (TPSA) is 75.4 Å². The van der Waals surface area contributed by atoms with Crippen molar-refractivity contribution in [2.75, 3.05) is 0 Å². The van der Waals surface area contributed by atoms with Crippen LogP contribution < -0.4 is 0 Å². The number of hydrogen-bond acceptors (Lipinski definition) is 3. The fourth-order valence-electron chi connectivity index (χ4n) is 4.97. The number of hydrogen-bond donors (Lipinski definition) is 1. The minimum atomic E-state index is -0.859. The quantitative estimate of drug-likeness (QED) is 0.816. The van der Waals surface area contributed by atoms with Gasteiger partial charge in [-0.25, -0.2) is 0 Å². The Morgan fingerprint density at radius 3 is 2.70 bits per heavy atom. The molecule has 3 heterocycles. The maximum Gasteiger partial charge on any atom is 0.312 e. The molecule has 1 aromatic heterocycles. The Balaban J connectivity index is 1.47. The second-order valence-corrected chi connectivity index (χ2v) is 7.75. The summed E-state index contributed by atoms with van der Waals surface area (Å²) < 4.78 is 1.82. The summed E-state index contributed by atoms with van der Waals surface area (Å²) in [6.45, 7) is 0.704. The first-order chi connectivity index (χ1) is 13.1. The fourth-order valence-corrected chi connectivity index (χ4v) is 4.97. The minimum absolute atomic E-state index is 0.0621. The van der Waals surface area contributed by atoms with Crippen molar-refractivity contribution in [3.05, 3.63) is 54.4 Å². The molecule has 0 unspecified atom stereocenters. The van der Waals surface area contributed by atoms with Crippen molar-refractivity contribution in [1.82, 2.24) is 14.7 Å². The first kappa shape index (κ1) is 17.8. The number of amides is 1. The number of aromatic nitrogens is 2. The molecule has 2 saturated heterocycles. The molecule has 2 aromatic rings. The molecule has 4 rings (SSSR count). The lowest BCUT2D eigenvalue weighted by molar-refractivity contribution is -0.151. The van der Waals surface area contributed by atoms with Crippen LogP contribution in [0.15, 0.2) is 48.8 Å². The second kappa shape index (κ2) is 7.18. The van der Waals surface area contributed by atoms with E-state index in [9.17, 15) is 14.7 Å². The molecule has 0 saturated carbocycles. The lowest BCUT2D eigenvalue weighted by atomic mass is 9.70. The number of carbonyl (C=O) groups excluding carboxylic acids is 1. The maximum absolute atomic E-state index is 12.9. The van der Waals surface area contributed by atoms with Crippen molar-refractivity contribution in [1.29, 1.82) is 0 Å². The van der Waals surface area contributed by atoms with Crippen molar-refractivity contribution in [2.24, 2.45) is 5.41 Å². The molecule has 0 aliphatic carbocycles. The number of carboxylic acid groups (broad SMARTS) is 1. The summed E-state index contributed by atoms with van der Waals surface area (Å²) in [6, 6.07) is 11.5. The largest absolute Gasteiger partial charge is 0.481 e. The summed E-state index contributed by atoms with van der Waals surface area (Å²) in [4.78, 5) is 27.1. The van der Waals surface area contributed by atoms with Crippen LogP contribution in [0.5, 0.6) is 0 Å². The van der Waals surface area contributed by atoms with Gasteiger partial charge in [-0.3, -0.25) is 14.3 Å². The van der Waals surface area contributed by atoms with Gasteiger partial charge in [0.25, 0.3) is 0 Å². The van der Waals surface area contributed by atoms with Gasteiger partial charge in [0, 0.05) is 37.4 Å². The number of benzene rings is 1. The second-order valence-electron chi connectivity index (χ2n) is 7.75. The normalized spacial score (nSPS) is 26.4. The Morgan fingerprint density at radius 1 is 1.19 bits per heavy atom. The summed E-state index contributed by atoms with van der Waals surface area (Å²) in [5.41, 5.74) is 0.167. The van der Waals surface area contributed by atoms with Crippen LogP contribution in [0.25, 0.3) is 0 Å². The Bertz CT molecular complexity index is 805. The Morgan fingerprint density at radius 2 is 2.00 bits per heavy atom. The van der Waals surface area contributed by atoms with Crippen molar-refractivity contribution < 1.29 is 14.7 Å². The molecule has 6 heteroatoms. The van der Waals surface area contributed by atoms with Gasteiger partial charge < -0.3 is 10.0 Å². The maximum atomic E-state index is 12.9. The van der Waals surface area contributed by atoms with Gasteiger partial charge in [0.2, 0.25) is 5.91 Å². The molecule has 1 N–H and O–H groups in total.